The SMILES string of the molecule is CC1=CC(C)(C)C(C)(C)OC(=O)C1=O. The molecule has 1 aliphatic heterocycles. The van der Waals surface area contributed by atoms with Crippen LogP contribution in [-0.2, 0) is 14.3 Å². The van der Waals surface area contributed by atoms with E-state index < -0.39 is 17.4 Å². The van der Waals surface area contributed by atoms with E-state index in [4.69, 9.17) is 4.74 Å². The Labute approximate surface area is 84.1 Å². The number of Topliss-reactive ketones (excluding diaryl/α,β-unsaturated/α-hetero) is 1. The van der Waals surface area contributed by atoms with Gasteiger partial charge in [0, 0.05) is 11.0 Å². The van der Waals surface area contributed by atoms with Crippen LogP contribution in [0.3, 0.4) is 0 Å². The zero-order valence-corrected chi connectivity index (χ0v) is 9.30. The van der Waals surface area contributed by atoms with E-state index in [-0.39, 0.29) is 5.41 Å². The molecule has 0 spiro atoms. The van der Waals surface area contributed by atoms with E-state index in [2.05, 4.69) is 0 Å². The molecule has 0 saturated heterocycles. The standard InChI is InChI=1S/C11H16O3/c1-7-6-10(2,3)11(4,5)14-9(13)8(7)12/h6H,1-5H3. The van der Waals surface area contributed by atoms with E-state index in [0.29, 0.717) is 5.57 Å². The van der Waals surface area contributed by atoms with Crippen molar-refractivity contribution in [1.29, 1.82) is 0 Å². The van der Waals surface area contributed by atoms with Gasteiger partial charge in [-0.05, 0) is 20.8 Å². The molecule has 0 unspecified atom stereocenters. The largest absolute Gasteiger partial charge is 0.453 e. The summed E-state index contributed by atoms with van der Waals surface area (Å²) in [5.41, 5.74) is -0.526. The Morgan fingerprint density at radius 1 is 1.14 bits per heavy atom. The summed E-state index contributed by atoms with van der Waals surface area (Å²) in [6, 6.07) is 0. The molecule has 3 nitrogen and oxygen atoms in total. The second-order valence-corrected chi connectivity index (χ2v) is 4.78. The Bertz CT molecular complexity index is 321. The molecular formula is C11H16O3. The number of cyclic esters (lactones) is 1. The van der Waals surface area contributed by atoms with Crippen molar-refractivity contribution in [3.8, 4) is 0 Å². The van der Waals surface area contributed by atoms with Crippen molar-refractivity contribution in [2.24, 2.45) is 5.41 Å². The lowest BCUT2D eigenvalue weighted by Gasteiger charge is -2.37. The van der Waals surface area contributed by atoms with Gasteiger partial charge in [0.25, 0.3) is 5.78 Å². The Hall–Kier alpha value is -1.12. The molecule has 0 saturated carbocycles. The van der Waals surface area contributed by atoms with Gasteiger partial charge in [-0.3, -0.25) is 4.79 Å². The molecule has 0 amide bonds. The van der Waals surface area contributed by atoms with Crippen molar-refractivity contribution >= 4 is 11.8 Å². The Kier molecular flexibility index (Phi) is 2.30. The number of ketones is 1. The van der Waals surface area contributed by atoms with Crippen LogP contribution in [0.25, 0.3) is 0 Å². The topological polar surface area (TPSA) is 43.4 Å². The third kappa shape index (κ3) is 1.59. The van der Waals surface area contributed by atoms with Crippen LogP contribution in [0.5, 0.6) is 0 Å². The van der Waals surface area contributed by atoms with Gasteiger partial charge in [0.1, 0.15) is 5.60 Å². The van der Waals surface area contributed by atoms with E-state index in [0.717, 1.165) is 0 Å². The summed E-state index contributed by atoms with van der Waals surface area (Å²) in [7, 11) is 0. The van der Waals surface area contributed by atoms with E-state index in [1.165, 1.54) is 0 Å². The summed E-state index contributed by atoms with van der Waals surface area (Å²) in [6.07, 6.45) is 1.81. The summed E-state index contributed by atoms with van der Waals surface area (Å²) in [4.78, 5) is 22.7. The molecule has 0 N–H and O–H groups in total. The molecule has 1 aliphatic rings. The molecule has 78 valence electrons. The van der Waals surface area contributed by atoms with Gasteiger partial charge in [-0.1, -0.05) is 19.9 Å². The average Bonchev–Trinajstić information content (AvgIpc) is 2.03. The summed E-state index contributed by atoms with van der Waals surface area (Å²) in [5.74, 6) is -1.29. The highest BCUT2D eigenvalue weighted by molar-refractivity contribution is 6.40. The molecule has 0 atom stereocenters. The van der Waals surface area contributed by atoms with Gasteiger partial charge in [-0.25, -0.2) is 4.79 Å². The first-order valence-corrected chi connectivity index (χ1v) is 4.64. The van der Waals surface area contributed by atoms with Crippen molar-refractivity contribution < 1.29 is 14.3 Å². The van der Waals surface area contributed by atoms with E-state index >= 15 is 0 Å². The highest BCUT2D eigenvalue weighted by atomic mass is 16.6. The van der Waals surface area contributed by atoms with E-state index in [1.54, 1.807) is 13.0 Å². The third-order valence-electron chi connectivity index (χ3n) is 3.02. The minimum Gasteiger partial charge on any atom is -0.453 e. The predicted molar refractivity (Wildman–Crippen MR) is 52.7 cm³/mol. The maximum absolute atomic E-state index is 11.4. The lowest BCUT2D eigenvalue weighted by Crippen LogP contribution is -2.41. The van der Waals surface area contributed by atoms with Gasteiger partial charge in [0.05, 0.1) is 0 Å². The van der Waals surface area contributed by atoms with Crippen LogP contribution in [0.4, 0.5) is 0 Å². The van der Waals surface area contributed by atoms with Crippen molar-refractivity contribution in [3.63, 3.8) is 0 Å². The minimum absolute atomic E-state index is 0.334. The van der Waals surface area contributed by atoms with Gasteiger partial charge in [0.15, 0.2) is 0 Å². The van der Waals surface area contributed by atoms with Crippen LogP contribution < -0.4 is 0 Å². The number of ether oxygens (including phenoxy) is 1. The fourth-order valence-corrected chi connectivity index (χ4v) is 1.35. The Morgan fingerprint density at radius 3 is 2.14 bits per heavy atom. The van der Waals surface area contributed by atoms with Crippen LogP contribution in [0, 0.1) is 5.41 Å². The van der Waals surface area contributed by atoms with Crippen LogP contribution in [-0.4, -0.2) is 17.4 Å². The minimum atomic E-state index is -0.755. The van der Waals surface area contributed by atoms with Crippen molar-refractivity contribution in [2.75, 3.05) is 0 Å². The normalized spacial score (nSPS) is 25.1. The average molecular weight is 196 g/mol. The Balaban J connectivity index is 3.25. The highest BCUT2D eigenvalue weighted by Crippen LogP contribution is 2.38. The Morgan fingerprint density at radius 2 is 1.64 bits per heavy atom. The summed E-state index contributed by atoms with van der Waals surface area (Å²) < 4.78 is 5.16. The van der Waals surface area contributed by atoms with Gasteiger partial charge >= 0.3 is 5.97 Å². The quantitative estimate of drug-likeness (QED) is 0.438. The zero-order chi connectivity index (χ0) is 11.1. The number of hydrogen-bond acceptors (Lipinski definition) is 3. The van der Waals surface area contributed by atoms with E-state index in [1.807, 2.05) is 27.7 Å². The molecule has 14 heavy (non-hydrogen) atoms. The zero-order valence-electron chi connectivity index (χ0n) is 9.30. The number of esters is 1. The van der Waals surface area contributed by atoms with Crippen LogP contribution in [0.1, 0.15) is 34.6 Å². The molecule has 0 bridgehead atoms. The molecular weight excluding hydrogens is 180 g/mol. The molecule has 0 aliphatic carbocycles. The van der Waals surface area contributed by atoms with Crippen LogP contribution >= 0.6 is 0 Å². The number of rotatable bonds is 0. The van der Waals surface area contributed by atoms with Crippen molar-refractivity contribution in [3.05, 3.63) is 11.6 Å². The lowest BCUT2D eigenvalue weighted by molar-refractivity contribution is -0.167. The molecule has 1 heterocycles. The summed E-state index contributed by atoms with van der Waals surface area (Å²) >= 11 is 0. The van der Waals surface area contributed by atoms with Gasteiger partial charge in [-0.2, -0.15) is 0 Å². The highest BCUT2D eigenvalue weighted by Gasteiger charge is 2.43. The number of hydrogen-bond donors (Lipinski definition) is 0. The third-order valence-corrected chi connectivity index (χ3v) is 3.02. The summed E-state index contributed by atoms with van der Waals surface area (Å²) in [5, 5.41) is 0. The lowest BCUT2D eigenvalue weighted by atomic mass is 9.76. The van der Waals surface area contributed by atoms with E-state index in [9.17, 15) is 9.59 Å². The molecule has 0 fully saturated rings. The van der Waals surface area contributed by atoms with Crippen molar-refractivity contribution in [2.45, 2.75) is 40.2 Å². The smallest absolute Gasteiger partial charge is 0.379 e. The first kappa shape index (κ1) is 11.0. The molecule has 0 aromatic rings. The van der Waals surface area contributed by atoms with Gasteiger partial charge in [0.2, 0.25) is 0 Å². The van der Waals surface area contributed by atoms with Crippen LogP contribution in [0.2, 0.25) is 0 Å². The second-order valence-electron chi connectivity index (χ2n) is 4.78. The maximum atomic E-state index is 11.4. The fourth-order valence-electron chi connectivity index (χ4n) is 1.35. The second kappa shape index (κ2) is 2.94. The first-order chi connectivity index (χ1) is 6.17. The molecule has 0 aromatic heterocycles. The van der Waals surface area contributed by atoms with Crippen LogP contribution in [0.15, 0.2) is 11.6 Å². The number of carbonyl (C=O) groups excluding carboxylic acids is 2. The predicted octanol–water partition coefficient (Wildman–Crippen LogP) is 1.86. The molecule has 1 rings (SSSR count). The fraction of sp³-hybridized carbons (Fsp3) is 0.636. The first-order valence-electron chi connectivity index (χ1n) is 4.64. The van der Waals surface area contributed by atoms with Crippen molar-refractivity contribution in [1.82, 2.24) is 0 Å². The maximum Gasteiger partial charge on any atom is 0.379 e. The summed E-state index contributed by atoms with van der Waals surface area (Å²) in [6.45, 7) is 9.16. The van der Waals surface area contributed by atoms with Gasteiger partial charge < -0.3 is 4.74 Å². The molecule has 3 heteroatoms. The molecule has 0 radical (unpaired) electrons. The number of carbonyl (C=O) groups is 2. The van der Waals surface area contributed by atoms with Gasteiger partial charge in [-0.15, -0.1) is 0 Å². The monoisotopic (exact) mass is 196 g/mol. The molecule has 0 aromatic carbocycles.